The van der Waals surface area contributed by atoms with Gasteiger partial charge in [-0.2, -0.15) is 0 Å². The highest BCUT2D eigenvalue weighted by Crippen LogP contribution is 2.32. The Morgan fingerprint density at radius 2 is 2.00 bits per heavy atom. The van der Waals surface area contributed by atoms with Crippen LogP contribution in [0.15, 0.2) is 18.2 Å². The van der Waals surface area contributed by atoms with Crippen molar-refractivity contribution in [2.24, 2.45) is 5.92 Å². The highest BCUT2D eigenvalue weighted by Gasteiger charge is 2.29. The second-order valence-electron chi connectivity index (χ2n) is 5.27. The Hall–Kier alpha value is -1.46. The monoisotopic (exact) mass is 359 g/mol. The van der Waals surface area contributed by atoms with Gasteiger partial charge in [0.1, 0.15) is 0 Å². The third-order valence-electron chi connectivity index (χ3n) is 3.65. The first kappa shape index (κ1) is 17.9. The maximum atomic E-state index is 12.3. The number of carbonyl (C=O) groups is 2. The summed E-state index contributed by atoms with van der Waals surface area (Å²) in [6.45, 7) is 2.91. The molecule has 1 heterocycles. The zero-order chi connectivity index (χ0) is 16.8. The summed E-state index contributed by atoms with van der Waals surface area (Å²) >= 11 is 12.0. The predicted molar refractivity (Wildman–Crippen MR) is 87.9 cm³/mol. The van der Waals surface area contributed by atoms with Gasteiger partial charge in [-0.15, -0.1) is 0 Å². The maximum Gasteiger partial charge on any atom is 0.310 e. The lowest BCUT2D eigenvalue weighted by atomic mass is 9.98. The molecule has 1 aliphatic rings. The number of likely N-dealkylation sites (tertiary alicyclic amines) is 1. The number of benzene rings is 1. The third-order valence-corrected chi connectivity index (χ3v) is 4.25. The SMILES string of the molecule is CCOC(=O)C1CCCN(C(=O)COc2c(Cl)cccc2Cl)C1. The quantitative estimate of drug-likeness (QED) is 0.757. The lowest BCUT2D eigenvalue weighted by molar-refractivity contribution is -0.151. The molecule has 0 spiro atoms. The van der Waals surface area contributed by atoms with Gasteiger partial charge >= 0.3 is 5.97 Å². The molecule has 126 valence electrons. The molecule has 0 bridgehead atoms. The molecule has 1 fully saturated rings. The van der Waals surface area contributed by atoms with Crippen LogP contribution in [0.3, 0.4) is 0 Å². The van der Waals surface area contributed by atoms with Gasteiger partial charge in [0, 0.05) is 13.1 Å². The Bertz CT molecular complexity index is 559. The van der Waals surface area contributed by atoms with Crippen LogP contribution < -0.4 is 4.74 Å². The molecule has 0 aliphatic carbocycles. The van der Waals surface area contributed by atoms with E-state index in [1.807, 2.05) is 0 Å². The van der Waals surface area contributed by atoms with Crippen molar-refractivity contribution in [3.8, 4) is 5.75 Å². The number of carbonyl (C=O) groups excluding carboxylic acids is 2. The molecule has 1 aliphatic heterocycles. The van der Waals surface area contributed by atoms with E-state index < -0.39 is 0 Å². The minimum absolute atomic E-state index is 0.168. The molecule has 1 saturated heterocycles. The molecule has 1 aromatic rings. The summed E-state index contributed by atoms with van der Waals surface area (Å²) in [4.78, 5) is 25.7. The molecule has 23 heavy (non-hydrogen) atoms. The van der Waals surface area contributed by atoms with Gasteiger partial charge in [-0.3, -0.25) is 9.59 Å². The first-order valence-electron chi connectivity index (χ1n) is 7.54. The topological polar surface area (TPSA) is 55.8 Å². The lowest BCUT2D eigenvalue weighted by Crippen LogP contribution is -2.44. The summed E-state index contributed by atoms with van der Waals surface area (Å²) in [5, 5.41) is 0.710. The van der Waals surface area contributed by atoms with Gasteiger partial charge in [0.15, 0.2) is 12.4 Å². The summed E-state index contributed by atoms with van der Waals surface area (Å²) in [7, 11) is 0. The fourth-order valence-corrected chi connectivity index (χ4v) is 3.01. The number of esters is 1. The van der Waals surface area contributed by atoms with E-state index in [0.717, 1.165) is 12.8 Å². The van der Waals surface area contributed by atoms with Crippen molar-refractivity contribution in [3.05, 3.63) is 28.2 Å². The van der Waals surface area contributed by atoms with Crippen LogP contribution in [0, 0.1) is 5.92 Å². The lowest BCUT2D eigenvalue weighted by Gasteiger charge is -2.31. The smallest absolute Gasteiger partial charge is 0.310 e. The van der Waals surface area contributed by atoms with E-state index >= 15 is 0 Å². The Labute approximate surface area is 145 Å². The zero-order valence-corrected chi connectivity index (χ0v) is 14.4. The number of ether oxygens (including phenoxy) is 2. The average Bonchev–Trinajstić information content (AvgIpc) is 2.54. The van der Waals surface area contributed by atoms with Crippen molar-refractivity contribution in [1.29, 1.82) is 0 Å². The summed E-state index contributed by atoms with van der Waals surface area (Å²) < 4.78 is 10.5. The number of hydrogen-bond donors (Lipinski definition) is 0. The number of amides is 1. The molecule has 2 rings (SSSR count). The Morgan fingerprint density at radius 1 is 1.30 bits per heavy atom. The molecule has 5 nitrogen and oxygen atoms in total. The molecule has 1 unspecified atom stereocenters. The van der Waals surface area contributed by atoms with Crippen LogP contribution in [0.5, 0.6) is 5.75 Å². The maximum absolute atomic E-state index is 12.3. The molecule has 1 aromatic carbocycles. The van der Waals surface area contributed by atoms with Crippen molar-refractivity contribution in [2.75, 3.05) is 26.3 Å². The van der Waals surface area contributed by atoms with Gasteiger partial charge in [0.2, 0.25) is 0 Å². The van der Waals surface area contributed by atoms with Crippen molar-refractivity contribution in [3.63, 3.8) is 0 Å². The van der Waals surface area contributed by atoms with Crippen molar-refractivity contribution >= 4 is 35.1 Å². The Balaban J connectivity index is 1.91. The molecule has 0 N–H and O–H groups in total. The van der Waals surface area contributed by atoms with Crippen LogP contribution in [0.25, 0.3) is 0 Å². The summed E-state index contributed by atoms with van der Waals surface area (Å²) in [5.41, 5.74) is 0. The first-order chi connectivity index (χ1) is 11.0. The third kappa shape index (κ3) is 4.75. The van der Waals surface area contributed by atoms with E-state index in [9.17, 15) is 9.59 Å². The van der Waals surface area contributed by atoms with E-state index in [2.05, 4.69) is 0 Å². The van der Waals surface area contributed by atoms with Crippen molar-refractivity contribution in [2.45, 2.75) is 19.8 Å². The number of halogens is 2. The second-order valence-corrected chi connectivity index (χ2v) is 6.08. The number of hydrogen-bond acceptors (Lipinski definition) is 4. The number of nitrogens with zero attached hydrogens (tertiary/aromatic N) is 1. The normalized spacial score (nSPS) is 17.7. The summed E-state index contributed by atoms with van der Waals surface area (Å²) in [6.07, 6.45) is 1.50. The molecule has 7 heteroatoms. The minimum atomic E-state index is -0.267. The van der Waals surface area contributed by atoms with Crippen LogP contribution in [0.1, 0.15) is 19.8 Å². The molecule has 0 saturated carbocycles. The fourth-order valence-electron chi connectivity index (χ4n) is 2.50. The molecule has 1 atom stereocenters. The van der Waals surface area contributed by atoms with Gasteiger partial charge in [-0.1, -0.05) is 29.3 Å². The molecule has 0 aromatic heterocycles. The van der Waals surface area contributed by atoms with Crippen molar-refractivity contribution in [1.82, 2.24) is 4.90 Å². The number of piperidine rings is 1. The predicted octanol–water partition coefficient (Wildman–Crippen LogP) is 3.17. The largest absolute Gasteiger partial charge is 0.481 e. The molecular weight excluding hydrogens is 341 g/mol. The highest BCUT2D eigenvalue weighted by molar-refractivity contribution is 6.37. The Morgan fingerprint density at radius 3 is 2.65 bits per heavy atom. The van der Waals surface area contributed by atoms with E-state index in [1.54, 1.807) is 30.0 Å². The number of para-hydroxylation sites is 1. The summed E-state index contributed by atoms with van der Waals surface area (Å²) in [5.74, 6) is -0.422. The van der Waals surface area contributed by atoms with Crippen LogP contribution in [-0.4, -0.2) is 43.1 Å². The summed E-state index contributed by atoms with van der Waals surface area (Å²) in [6, 6.07) is 4.99. The average molecular weight is 360 g/mol. The van der Waals surface area contributed by atoms with Crippen LogP contribution in [0.4, 0.5) is 0 Å². The zero-order valence-electron chi connectivity index (χ0n) is 12.9. The second kappa shape index (κ2) is 8.41. The van der Waals surface area contributed by atoms with E-state index in [1.165, 1.54) is 0 Å². The van der Waals surface area contributed by atoms with Crippen LogP contribution in [-0.2, 0) is 14.3 Å². The van der Waals surface area contributed by atoms with Crippen LogP contribution in [0.2, 0.25) is 10.0 Å². The fraction of sp³-hybridized carbons (Fsp3) is 0.500. The van der Waals surface area contributed by atoms with Crippen LogP contribution >= 0.6 is 23.2 Å². The van der Waals surface area contributed by atoms with Gasteiger partial charge < -0.3 is 14.4 Å². The Kier molecular flexibility index (Phi) is 6.54. The standard InChI is InChI=1S/C16H19Cl2NO4/c1-2-22-16(21)11-5-4-8-19(9-11)14(20)10-23-15-12(17)6-3-7-13(15)18/h3,6-7,11H,2,4-5,8-10H2,1H3. The first-order valence-corrected chi connectivity index (χ1v) is 8.29. The van der Waals surface area contributed by atoms with Gasteiger partial charge in [0.25, 0.3) is 5.91 Å². The minimum Gasteiger partial charge on any atom is -0.481 e. The van der Waals surface area contributed by atoms with Gasteiger partial charge in [-0.25, -0.2) is 0 Å². The van der Waals surface area contributed by atoms with Gasteiger partial charge in [0.05, 0.1) is 22.6 Å². The number of rotatable bonds is 5. The van der Waals surface area contributed by atoms with E-state index in [4.69, 9.17) is 32.7 Å². The molecular formula is C16H19Cl2NO4. The van der Waals surface area contributed by atoms with Gasteiger partial charge in [-0.05, 0) is 31.9 Å². The van der Waals surface area contributed by atoms with Crippen molar-refractivity contribution < 1.29 is 19.1 Å². The molecule has 1 amide bonds. The highest BCUT2D eigenvalue weighted by atomic mass is 35.5. The van der Waals surface area contributed by atoms with E-state index in [0.29, 0.717) is 35.5 Å². The van der Waals surface area contributed by atoms with E-state index in [-0.39, 0.29) is 24.4 Å². The molecule has 0 radical (unpaired) electrons.